The number of allylic oxidation sites excluding steroid dienone is 1. The van der Waals surface area contributed by atoms with Gasteiger partial charge in [0, 0.05) is 5.56 Å². The number of methoxy groups -OCH3 is 1. The lowest BCUT2D eigenvalue weighted by Crippen LogP contribution is -2.54. The number of anilines is 1. The average Bonchev–Trinajstić information content (AvgIpc) is 2.99. The van der Waals surface area contributed by atoms with E-state index < -0.39 is 17.8 Å². The van der Waals surface area contributed by atoms with Gasteiger partial charge in [-0.05, 0) is 70.6 Å². The molecule has 0 radical (unpaired) electrons. The number of imide groups is 2. The number of nitrogens with zero attached hydrogens (tertiary/aromatic N) is 1. The molecule has 1 fully saturated rings. The number of hydrogen-bond acceptors (Lipinski definition) is 5. The summed E-state index contributed by atoms with van der Waals surface area (Å²) in [6, 6.07) is 24.0. The third-order valence-electron chi connectivity index (χ3n) is 7.01. The number of nitrogens with one attached hydrogen (secondary N) is 1. The Morgan fingerprint density at radius 2 is 1.68 bits per heavy atom. The number of hydrogen-bond donors (Lipinski definition) is 1. The predicted octanol–water partition coefficient (Wildman–Crippen LogP) is 6.38. The Bertz CT molecular complexity index is 1680. The highest BCUT2D eigenvalue weighted by Gasteiger charge is 2.36. The maximum absolute atomic E-state index is 13.4. The minimum absolute atomic E-state index is 0.166. The Morgan fingerprint density at radius 3 is 2.41 bits per heavy atom. The van der Waals surface area contributed by atoms with Crippen molar-refractivity contribution in [1.29, 1.82) is 0 Å². The molecule has 0 atom stereocenters. The van der Waals surface area contributed by atoms with Gasteiger partial charge in [0.2, 0.25) is 0 Å². The van der Waals surface area contributed by atoms with Crippen molar-refractivity contribution in [2.45, 2.75) is 26.4 Å². The second-order valence-electron chi connectivity index (χ2n) is 9.61. The second-order valence-corrected chi connectivity index (χ2v) is 9.61. The van der Waals surface area contributed by atoms with Crippen molar-refractivity contribution in [3.63, 3.8) is 0 Å². The summed E-state index contributed by atoms with van der Waals surface area (Å²) >= 11 is 0. The molecule has 206 valence electrons. The summed E-state index contributed by atoms with van der Waals surface area (Å²) in [4.78, 5) is 39.8. The van der Waals surface area contributed by atoms with Gasteiger partial charge in [0.1, 0.15) is 12.2 Å². The van der Waals surface area contributed by atoms with Gasteiger partial charge in [-0.1, -0.05) is 67.6 Å². The normalized spacial score (nSPS) is 14.3. The molecule has 1 aliphatic heterocycles. The van der Waals surface area contributed by atoms with Crippen LogP contribution >= 0.6 is 0 Å². The van der Waals surface area contributed by atoms with Crippen LogP contribution in [0.25, 0.3) is 16.8 Å². The van der Waals surface area contributed by atoms with Crippen molar-refractivity contribution < 1.29 is 23.9 Å². The van der Waals surface area contributed by atoms with E-state index in [4.69, 9.17) is 9.47 Å². The van der Waals surface area contributed by atoms with Gasteiger partial charge in [-0.25, -0.2) is 9.69 Å². The van der Waals surface area contributed by atoms with Crippen molar-refractivity contribution in [1.82, 2.24) is 5.32 Å². The van der Waals surface area contributed by atoms with Crippen LogP contribution in [0.4, 0.5) is 10.5 Å². The number of rotatable bonds is 9. The van der Waals surface area contributed by atoms with Gasteiger partial charge in [-0.2, -0.15) is 0 Å². The van der Waals surface area contributed by atoms with Gasteiger partial charge in [-0.15, -0.1) is 6.58 Å². The molecule has 0 aromatic heterocycles. The molecule has 0 bridgehead atoms. The minimum atomic E-state index is -0.788. The summed E-state index contributed by atoms with van der Waals surface area (Å²) in [5.74, 6) is -0.469. The van der Waals surface area contributed by atoms with Crippen LogP contribution in [-0.4, -0.2) is 25.0 Å². The molecule has 7 nitrogen and oxygen atoms in total. The highest BCUT2D eigenvalue weighted by atomic mass is 16.5. The summed E-state index contributed by atoms with van der Waals surface area (Å²) in [5, 5.41) is 4.50. The van der Waals surface area contributed by atoms with E-state index in [2.05, 4.69) is 30.1 Å². The fraction of sp³-hybridized carbons (Fsp3) is 0.147. The first-order valence-corrected chi connectivity index (χ1v) is 13.3. The summed E-state index contributed by atoms with van der Waals surface area (Å²) in [6.45, 7) is 6.20. The SMILES string of the molecule is C=CCc1cc(/C=C2/C(=O)NC(=O)N(c3ccc(CC)cc3)C2=O)cc(OC)c1OCc1cccc2ccccc12. The Labute approximate surface area is 238 Å². The highest BCUT2D eigenvalue weighted by molar-refractivity contribution is 6.39. The number of amides is 4. The number of urea groups is 1. The molecular weight excluding hydrogens is 516 g/mol. The third-order valence-corrected chi connectivity index (χ3v) is 7.01. The summed E-state index contributed by atoms with van der Waals surface area (Å²) in [5.41, 5.74) is 3.63. The van der Waals surface area contributed by atoms with Gasteiger partial charge in [0.15, 0.2) is 11.5 Å². The summed E-state index contributed by atoms with van der Waals surface area (Å²) in [6.07, 6.45) is 4.49. The molecule has 1 aliphatic rings. The maximum atomic E-state index is 13.4. The molecule has 4 aromatic carbocycles. The zero-order valence-corrected chi connectivity index (χ0v) is 23.0. The van der Waals surface area contributed by atoms with Gasteiger partial charge in [-0.3, -0.25) is 14.9 Å². The molecule has 0 aliphatic carbocycles. The van der Waals surface area contributed by atoms with Gasteiger partial charge < -0.3 is 9.47 Å². The molecular formula is C34H30N2O5. The van der Waals surface area contributed by atoms with Gasteiger partial charge in [0.05, 0.1) is 12.8 Å². The lowest BCUT2D eigenvalue weighted by Gasteiger charge is -2.26. The molecule has 0 spiro atoms. The van der Waals surface area contributed by atoms with Gasteiger partial charge >= 0.3 is 6.03 Å². The molecule has 5 rings (SSSR count). The average molecular weight is 547 g/mol. The molecule has 1 N–H and O–H groups in total. The van der Waals surface area contributed by atoms with E-state index in [-0.39, 0.29) is 5.57 Å². The molecule has 1 heterocycles. The zero-order valence-electron chi connectivity index (χ0n) is 23.0. The lowest BCUT2D eigenvalue weighted by molar-refractivity contribution is -0.122. The monoisotopic (exact) mass is 546 g/mol. The van der Waals surface area contributed by atoms with E-state index in [1.165, 1.54) is 13.2 Å². The number of benzene rings is 4. The van der Waals surface area contributed by atoms with E-state index in [9.17, 15) is 14.4 Å². The van der Waals surface area contributed by atoms with E-state index in [1.54, 1.807) is 24.3 Å². The van der Waals surface area contributed by atoms with Crippen LogP contribution in [0, 0.1) is 0 Å². The van der Waals surface area contributed by atoms with Crippen molar-refractivity contribution in [2.75, 3.05) is 12.0 Å². The minimum Gasteiger partial charge on any atom is -0.493 e. The first kappa shape index (κ1) is 27.4. The Hall–Kier alpha value is -5.17. The van der Waals surface area contributed by atoms with Crippen LogP contribution in [0.1, 0.15) is 29.2 Å². The predicted molar refractivity (Wildman–Crippen MR) is 160 cm³/mol. The van der Waals surface area contributed by atoms with Crippen molar-refractivity contribution >= 4 is 40.4 Å². The lowest BCUT2D eigenvalue weighted by atomic mass is 10.0. The number of fused-ring (bicyclic) bond motifs is 1. The topological polar surface area (TPSA) is 84.9 Å². The zero-order chi connectivity index (χ0) is 28.9. The summed E-state index contributed by atoms with van der Waals surface area (Å²) in [7, 11) is 1.54. The first-order valence-electron chi connectivity index (χ1n) is 13.3. The van der Waals surface area contributed by atoms with Crippen molar-refractivity contribution in [2.24, 2.45) is 0 Å². The number of aryl methyl sites for hydroxylation is 1. The maximum Gasteiger partial charge on any atom is 0.335 e. The van der Waals surface area contributed by atoms with Gasteiger partial charge in [0.25, 0.3) is 11.8 Å². The summed E-state index contributed by atoms with van der Waals surface area (Å²) < 4.78 is 12.0. The van der Waals surface area contributed by atoms with Crippen LogP contribution in [0.3, 0.4) is 0 Å². The first-order chi connectivity index (χ1) is 19.9. The van der Waals surface area contributed by atoms with Crippen LogP contribution in [0.5, 0.6) is 11.5 Å². The third kappa shape index (κ3) is 5.61. The fourth-order valence-electron chi connectivity index (χ4n) is 4.90. The molecule has 41 heavy (non-hydrogen) atoms. The van der Waals surface area contributed by atoms with E-state index >= 15 is 0 Å². The molecule has 7 heteroatoms. The van der Waals surface area contributed by atoms with Crippen LogP contribution in [0.2, 0.25) is 0 Å². The fourth-order valence-corrected chi connectivity index (χ4v) is 4.90. The van der Waals surface area contributed by atoms with E-state index in [1.807, 2.05) is 49.4 Å². The Kier molecular flexibility index (Phi) is 7.97. The number of barbiturate groups is 1. The van der Waals surface area contributed by atoms with Crippen LogP contribution in [-0.2, 0) is 29.0 Å². The van der Waals surface area contributed by atoms with Crippen molar-refractivity contribution in [3.05, 3.63) is 119 Å². The molecule has 1 saturated heterocycles. The molecule has 4 aromatic rings. The van der Waals surface area contributed by atoms with Crippen molar-refractivity contribution in [3.8, 4) is 11.5 Å². The quantitative estimate of drug-likeness (QED) is 0.150. The highest BCUT2D eigenvalue weighted by Crippen LogP contribution is 2.36. The second kappa shape index (κ2) is 11.9. The number of carbonyl (C=O) groups excluding carboxylic acids is 3. The van der Waals surface area contributed by atoms with E-state index in [0.717, 1.165) is 38.8 Å². The smallest absolute Gasteiger partial charge is 0.335 e. The molecule has 0 unspecified atom stereocenters. The van der Waals surface area contributed by atoms with Crippen LogP contribution in [0.15, 0.2) is 97.1 Å². The Balaban J connectivity index is 1.48. The number of ether oxygens (including phenoxy) is 2. The Morgan fingerprint density at radius 1 is 0.927 bits per heavy atom. The molecule has 4 amide bonds. The molecule has 0 saturated carbocycles. The largest absolute Gasteiger partial charge is 0.493 e. The van der Waals surface area contributed by atoms with E-state index in [0.29, 0.717) is 35.8 Å². The standard InChI is InChI=1S/C34H30N2O5/c1-4-9-25-18-23(19-29-32(37)35-34(39)36(33(29)38)27-16-14-22(5-2)15-17-27)20-30(40-3)31(25)41-21-26-12-8-11-24-10-6-7-13-28(24)26/h4,6-8,10-20H,1,5,9,21H2,2-3H3,(H,35,37,39)/b29-19-. The number of carbonyl (C=O) groups is 3. The van der Waals surface area contributed by atoms with Crippen LogP contribution < -0.4 is 19.7 Å².